The van der Waals surface area contributed by atoms with Crippen LogP contribution in [0, 0.1) is 0 Å². The van der Waals surface area contributed by atoms with Crippen LogP contribution >= 0.6 is 25.8 Å². The number of aromatic nitrogens is 8. The van der Waals surface area contributed by atoms with Gasteiger partial charge in [0.1, 0.15) is 50.3 Å². The third-order valence-electron chi connectivity index (χ3n) is 7.85. The third kappa shape index (κ3) is 5.91. The molecule has 1 N–H and O–H groups in total. The zero-order chi connectivity index (χ0) is 33.2. The number of alkyl halides is 2. The first-order valence-electron chi connectivity index (χ1n) is 14.2. The Morgan fingerprint density at radius 1 is 0.792 bits per heavy atom. The minimum atomic E-state index is -4.39. The Bertz CT molecular complexity index is 1860. The fourth-order valence-corrected chi connectivity index (χ4v) is 8.61. The van der Waals surface area contributed by atoms with Crippen molar-refractivity contribution in [3.05, 3.63) is 37.5 Å². The quantitative estimate of drug-likeness (QED) is 0.151. The molecule has 3 saturated heterocycles. The first kappa shape index (κ1) is 32.5. The van der Waals surface area contributed by atoms with Crippen molar-refractivity contribution in [1.82, 2.24) is 39.0 Å². The Hall–Kier alpha value is -2.75. The number of nitrogens with zero attached hydrogens (tertiary/aromatic N) is 8. The smallest absolute Gasteiger partial charge is 0.386 e. The van der Waals surface area contributed by atoms with E-state index in [4.69, 9.17) is 48.8 Å². The molecule has 4 unspecified atom stereocenters. The summed E-state index contributed by atoms with van der Waals surface area (Å²) in [6.45, 7) is -9.79. The summed E-state index contributed by atoms with van der Waals surface area (Å²) in [5, 5.41) is 0. The molecule has 0 spiro atoms. The third-order valence-corrected chi connectivity index (χ3v) is 11.0. The van der Waals surface area contributed by atoms with Crippen LogP contribution in [0.1, 0.15) is 12.5 Å². The van der Waals surface area contributed by atoms with Crippen LogP contribution in [0.15, 0.2) is 37.5 Å². The van der Waals surface area contributed by atoms with Crippen molar-refractivity contribution in [2.24, 2.45) is 0 Å². The summed E-state index contributed by atoms with van der Waals surface area (Å²) in [4.78, 5) is 36.3. The van der Waals surface area contributed by atoms with Gasteiger partial charge in [0.2, 0.25) is 11.8 Å². The van der Waals surface area contributed by atoms with E-state index in [1.165, 1.54) is 34.4 Å². The molecule has 0 saturated carbocycles. The highest BCUT2D eigenvalue weighted by molar-refractivity contribution is 8.44. The van der Waals surface area contributed by atoms with Crippen LogP contribution in [-0.4, -0.2) is 107 Å². The molecule has 0 aromatic carbocycles. The number of thiol groups is 1. The maximum atomic E-state index is 16.2. The van der Waals surface area contributed by atoms with Gasteiger partial charge >= 0.3 is 13.5 Å². The van der Waals surface area contributed by atoms with E-state index in [1.54, 1.807) is 12.2 Å². The predicted molar refractivity (Wildman–Crippen MR) is 163 cm³/mol. The summed E-state index contributed by atoms with van der Waals surface area (Å²) in [6.07, 6.45) is -4.53. The molecule has 4 aromatic heterocycles. The van der Waals surface area contributed by atoms with Gasteiger partial charge in [-0.15, -0.1) is 0 Å². The average Bonchev–Trinajstić information content (AvgIpc) is 3.81. The van der Waals surface area contributed by atoms with Crippen LogP contribution < -0.4 is 9.47 Å². The molecule has 10 atom stereocenters. The lowest BCUT2D eigenvalue weighted by molar-refractivity contribution is -0.0564. The van der Waals surface area contributed by atoms with E-state index in [0.717, 1.165) is 0 Å². The predicted octanol–water partition coefficient (Wildman–Crippen LogP) is 2.54. The highest BCUT2D eigenvalue weighted by Crippen LogP contribution is 2.58. The van der Waals surface area contributed by atoms with Crippen LogP contribution in [0.4, 0.5) is 8.78 Å². The van der Waals surface area contributed by atoms with E-state index in [0.29, 0.717) is 0 Å². The molecule has 0 aliphatic carbocycles. The van der Waals surface area contributed by atoms with E-state index in [2.05, 4.69) is 42.2 Å². The number of rotatable bonds is 0. The first-order valence-corrected chi connectivity index (χ1v) is 19.5. The van der Waals surface area contributed by atoms with Crippen molar-refractivity contribution in [2.45, 2.75) is 49.2 Å². The summed E-state index contributed by atoms with van der Waals surface area (Å²) in [7, 11) is 0. The normalized spacial score (nSPS) is 38.0. The molecule has 14 bridgehead atoms. The van der Waals surface area contributed by atoms with Gasteiger partial charge in [0, 0.05) is 0 Å². The van der Waals surface area contributed by atoms with Gasteiger partial charge < -0.3 is 28.4 Å². The second-order valence-electron chi connectivity index (χ2n) is 10.8. The molecular formula is C24H24F2N8O10P2S2. The van der Waals surface area contributed by atoms with Gasteiger partial charge in [-0.25, -0.2) is 33.3 Å². The second kappa shape index (κ2) is 12.5. The molecule has 256 valence electrons. The SMILES string of the molecule is O=P1(S)OC[C@H]2OC3[C@H](F)[C@@H]2OP(O)(=S)OCC2O[C@H]([C@H](F)[C@@H]2O1)n1cnc2c(ncnc21)OC/C=C/COc1ncnc2c1ncn23. The molecular weight excluding hydrogens is 724 g/mol. The van der Waals surface area contributed by atoms with Crippen LogP contribution in [0.25, 0.3) is 22.3 Å². The van der Waals surface area contributed by atoms with Gasteiger partial charge in [0.05, 0.1) is 25.9 Å². The molecule has 24 heteroatoms. The summed E-state index contributed by atoms with van der Waals surface area (Å²) < 4.78 is 94.0. The number of hydrogen-bond donors (Lipinski definition) is 2. The maximum absolute atomic E-state index is 16.2. The van der Waals surface area contributed by atoms with Crippen molar-refractivity contribution >= 4 is 59.9 Å². The van der Waals surface area contributed by atoms with Crippen LogP contribution in [0.3, 0.4) is 0 Å². The minimum absolute atomic E-state index is 0.0583. The lowest BCUT2D eigenvalue weighted by Gasteiger charge is -2.29. The van der Waals surface area contributed by atoms with Gasteiger partial charge in [-0.05, 0) is 24.0 Å². The van der Waals surface area contributed by atoms with E-state index in [9.17, 15) is 9.46 Å². The van der Waals surface area contributed by atoms with E-state index in [-0.39, 0.29) is 47.3 Å². The zero-order valence-electron chi connectivity index (χ0n) is 24.1. The Morgan fingerprint density at radius 3 is 1.83 bits per heavy atom. The molecule has 48 heavy (non-hydrogen) atoms. The zero-order valence-corrected chi connectivity index (χ0v) is 27.6. The first-order chi connectivity index (χ1) is 23.1. The minimum Gasteiger partial charge on any atom is -0.472 e. The fourth-order valence-electron chi connectivity index (χ4n) is 5.69. The summed E-state index contributed by atoms with van der Waals surface area (Å²) in [5.74, 6) is 0.212. The molecule has 3 fully saturated rings. The largest absolute Gasteiger partial charge is 0.472 e. The number of imidazole rings is 2. The van der Waals surface area contributed by atoms with Crippen molar-refractivity contribution in [2.75, 3.05) is 26.4 Å². The Labute approximate surface area is 278 Å². The fraction of sp³-hybridized carbons (Fsp3) is 0.500. The van der Waals surface area contributed by atoms with E-state index < -0.39 is 75.9 Å². The molecule has 4 aromatic rings. The van der Waals surface area contributed by atoms with Crippen molar-refractivity contribution in [3.63, 3.8) is 0 Å². The highest BCUT2D eigenvalue weighted by Gasteiger charge is 2.54. The van der Waals surface area contributed by atoms with Gasteiger partial charge in [-0.2, -0.15) is 9.97 Å². The summed E-state index contributed by atoms with van der Waals surface area (Å²) >= 11 is 9.25. The summed E-state index contributed by atoms with van der Waals surface area (Å²) in [5.41, 5.74) is 0.692. The molecule has 0 amide bonds. The van der Waals surface area contributed by atoms with Crippen molar-refractivity contribution < 1.29 is 55.3 Å². The number of ether oxygens (including phenoxy) is 4. The van der Waals surface area contributed by atoms with Crippen LogP contribution in [-0.2, 0) is 43.9 Å². The standard InChI is InChI=1S/C24H24F2N8O10P2S2/c25-13-17-11-5-39-46(36,48)44-18-12(6-40-45(35,47)43-17)42-24(14(18)26)34-10-32-16-20(34)28-8-30-22(16)38-4-2-1-3-37-21-15-19(27-7-29-21)33(9-31-15)23(13)41-11/h1-2,7-14,17-18,23-24H,3-6H2,(H,35,47)(H,36,48)/b2-1+/t11-,12?,13-,14-,17-,18-,23?,24-,45?,46?/m1/s1. The van der Waals surface area contributed by atoms with Crippen molar-refractivity contribution in [1.29, 1.82) is 0 Å². The molecule has 5 aliphatic heterocycles. The van der Waals surface area contributed by atoms with Crippen LogP contribution in [0.5, 0.6) is 11.8 Å². The Balaban J connectivity index is 1.21. The Morgan fingerprint density at radius 2 is 1.29 bits per heavy atom. The molecule has 5 aliphatic rings. The van der Waals surface area contributed by atoms with Crippen LogP contribution in [0.2, 0.25) is 0 Å². The monoisotopic (exact) mass is 748 g/mol. The number of halogens is 2. The Kier molecular flexibility index (Phi) is 8.48. The second-order valence-corrected chi connectivity index (χ2v) is 16.5. The van der Waals surface area contributed by atoms with Crippen molar-refractivity contribution in [3.8, 4) is 11.8 Å². The number of fused-ring (bicyclic) bond motifs is 10. The maximum Gasteiger partial charge on any atom is 0.386 e. The average molecular weight is 749 g/mol. The van der Waals surface area contributed by atoms with Gasteiger partial charge in [0.25, 0.3) is 0 Å². The molecule has 0 radical (unpaired) electrons. The lowest BCUT2D eigenvalue weighted by atomic mass is 10.1. The van der Waals surface area contributed by atoms with Gasteiger partial charge in [-0.1, -0.05) is 12.2 Å². The van der Waals surface area contributed by atoms with Gasteiger partial charge in [0.15, 0.2) is 47.1 Å². The summed E-state index contributed by atoms with van der Waals surface area (Å²) in [6, 6.07) is 0. The van der Waals surface area contributed by atoms with Gasteiger partial charge in [-0.3, -0.25) is 22.7 Å². The van der Waals surface area contributed by atoms with E-state index >= 15 is 8.78 Å². The highest BCUT2D eigenvalue weighted by atomic mass is 32.7. The topological polar surface area (TPSA) is 198 Å². The van der Waals surface area contributed by atoms with E-state index in [1.807, 2.05) is 0 Å². The molecule has 9 rings (SSSR count). The molecule has 9 heterocycles. The number of hydrogen-bond acceptors (Lipinski definition) is 16. The lowest BCUT2D eigenvalue weighted by Crippen LogP contribution is -2.37. The molecule has 18 nitrogen and oxygen atoms in total.